The SMILES string of the molecule is CCCN(CC)c1ccc(CN)c(Br)c1. The zero-order valence-electron chi connectivity index (χ0n) is 9.46. The Kier molecular flexibility index (Phi) is 5.12. The molecule has 2 nitrogen and oxygen atoms in total. The van der Waals surface area contributed by atoms with Gasteiger partial charge in [-0.05, 0) is 31.0 Å². The lowest BCUT2D eigenvalue weighted by molar-refractivity contribution is 0.791. The van der Waals surface area contributed by atoms with Gasteiger partial charge in [0.25, 0.3) is 0 Å². The molecule has 3 heteroatoms. The first kappa shape index (κ1) is 12.5. The van der Waals surface area contributed by atoms with Crippen LogP contribution in [0.15, 0.2) is 22.7 Å². The summed E-state index contributed by atoms with van der Waals surface area (Å²) in [5.41, 5.74) is 8.05. The zero-order valence-corrected chi connectivity index (χ0v) is 11.0. The van der Waals surface area contributed by atoms with Gasteiger partial charge in [-0.2, -0.15) is 0 Å². The van der Waals surface area contributed by atoms with Crippen LogP contribution < -0.4 is 10.6 Å². The molecule has 1 aromatic rings. The first-order chi connectivity index (χ1) is 7.22. The van der Waals surface area contributed by atoms with Gasteiger partial charge in [0, 0.05) is 29.8 Å². The van der Waals surface area contributed by atoms with Crippen molar-refractivity contribution in [2.45, 2.75) is 26.8 Å². The molecule has 0 saturated carbocycles. The van der Waals surface area contributed by atoms with Crippen LogP contribution in [0.25, 0.3) is 0 Å². The van der Waals surface area contributed by atoms with Crippen molar-refractivity contribution < 1.29 is 0 Å². The number of nitrogens with two attached hydrogens (primary N) is 1. The molecule has 0 aliphatic carbocycles. The van der Waals surface area contributed by atoms with Crippen molar-refractivity contribution >= 4 is 21.6 Å². The van der Waals surface area contributed by atoms with Crippen LogP contribution in [0, 0.1) is 0 Å². The summed E-state index contributed by atoms with van der Waals surface area (Å²) in [6.45, 7) is 7.11. The second-order valence-corrected chi connectivity index (χ2v) is 4.41. The number of anilines is 1. The summed E-state index contributed by atoms with van der Waals surface area (Å²) >= 11 is 3.55. The largest absolute Gasteiger partial charge is 0.372 e. The van der Waals surface area contributed by atoms with Crippen LogP contribution in [-0.4, -0.2) is 13.1 Å². The van der Waals surface area contributed by atoms with Crippen molar-refractivity contribution in [3.8, 4) is 0 Å². The van der Waals surface area contributed by atoms with E-state index in [-0.39, 0.29) is 0 Å². The standard InChI is InChI=1S/C12H19BrN2/c1-3-7-15(4-2)11-6-5-10(9-14)12(13)8-11/h5-6,8H,3-4,7,9,14H2,1-2H3. The second-order valence-electron chi connectivity index (χ2n) is 3.56. The van der Waals surface area contributed by atoms with E-state index in [0.717, 1.165) is 23.1 Å². The Morgan fingerprint density at radius 2 is 2.07 bits per heavy atom. The number of hydrogen-bond acceptors (Lipinski definition) is 2. The molecule has 2 N–H and O–H groups in total. The molecule has 0 aliphatic rings. The molecule has 0 spiro atoms. The molecule has 0 radical (unpaired) electrons. The molecule has 0 amide bonds. The third kappa shape index (κ3) is 3.21. The van der Waals surface area contributed by atoms with Crippen molar-refractivity contribution in [1.82, 2.24) is 0 Å². The van der Waals surface area contributed by atoms with Crippen molar-refractivity contribution in [2.75, 3.05) is 18.0 Å². The minimum Gasteiger partial charge on any atom is -0.372 e. The molecule has 1 rings (SSSR count). The summed E-state index contributed by atoms with van der Waals surface area (Å²) in [6, 6.07) is 6.39. The number of hydrogen-bond donors (Lipinski definition) is 1. The second kappa shape index (κ2) is 6.13. The Labute approximate surface area is 101 Å². The van der Waals surface area contributed by atoms with Crippen LogP contribution in [0.2, 0.25) is 0 Å². The monoisotopic (exact) mass is 270 g/mol. The molecule has 0 atom stereocenters. The Balaban J connectivity index is 2.89. The quantitative estimate of drug-likeness (QED) is 0.891. The summed E-state index contributed by atoms with van der Waals surface area (Å²) in [6.07, 6.45) is 1.17. The van der Waals surface area contributed by atoms with Crippen LogP contribution in [0.5, 0.6) is 0 Å². The van der Waals surface area contributed by atoms with E-state index in [1.807, 2.05) is 0 Å². The fourth-order valence-electron chi connectivity index (χ4n) is 1.64. The topological polar surface area (TPSA) is 29.3 Å². The molecule has 15 heavy (non-hydrogen) atoms. The normalized spacial score (nSPS) is 10.4. The highest BCUT2D eigenvalue weighted by Crippen LogP contribution is 2.24. The van der Waals surface area contributed by atoms with Gasteiger partial charge in [0.15, 0.2) is 0 Å². The van der Waals surface area contributed by atoms with Crippen LogP contribution in [0.3, 0.4) is 0 Å². The molecule has 0 heterocycles. The molecule has 0 aromatic heterocycles. The fourth-order valence-corrected chi connectivity index (χ4v) is 2.17. The number of benzene rings is 1. The highest BCUT2D eigenvalue weighted by molar-refractivity contribution is 9.10. The van der Waals surface area contributed by atoms with Gasteiger partial charge in [0.1, 0.15) is 0 Å². The van der Waals surface area contributed by atoms with E-state index in [1.165, 1.54) is 12.1 Å². The maximum absolute atomic E-state index is 5.62. The van der Waals surface area contributed by atoms with Gasteiger partial charge < -0.3 is 10.6 Å². The molecule has 0 unspecified atom stereocenters. The Morgan fingerprint density at radius 1 is 1.33 bits per heavy atom. The molecular formula is C12H19BrN2. The van der Waals surface area contributed by atoms with Gasteiger partial charge in [0.2, 0.25) is 0 Å². The van der Waals surface area contributed by atoms with E-state index in [4.69, 9.17) is 5.73 Å². The third-order valence-electron chi connectivity index (χ3n) is 2.50. The smallest absolute Gasteiger partial charge is 0.0377 e. The van der Waals surface area contributed by atoms with E-state index in [0.29, 0.717) is 6.54 Å². The fraction of sp³-hybridized carbons (Fsp3) is 0.500. The average Bonchev–Trinajstić information content (AvgIpc) is 2.25. The van der Waals surface area contributed by atoms with Crippen molar-refractivity contribution in [1.29, 1.82) is 0 Å². The zero-order chi connectivity index (χ0) is 11.3. The van der Waals surface area contributed by atoms with Gasteiger partial charge >= 0.3 is 0 Å². The van der Waals surface area contributed by atoms with Gasteiger partial charge in [-0.15, -0.1) is 0 Å². The summed E-state index contributed by atoms with van der Waals surface area (Å²) in [4.78, 5) is 2.37. The lowest BCUT2D eigenvalue weighted by Crippen LogP contribution is -2.23. The number of rotatable bonds is 5. The van der Waals surface area contributed by atoms with Crippen molar-refractivity contribution in [3.05, 3.63) is 28.2 Å². The van der Waals surface area contributed by atoms with Crippen molar-refractivity contribution in [2.24, 2.45) is 5.73 Å². The molecule has 84 valence electrons. The van der Waals surface area contributed by atoms with Crippen LogP contribution in [0.1, 0.15) is 25.8 Å². The summed E-state index contributed by atoms with van der Waals surface area (Å²) in [7, 11) is 0. The molecule has 0 bridgehead atoms. The van der Waals surface area contributed by atoms with E-state index in [1.54, 1.807) is 0 Å². The van der Waals surface area contributed by atoms with Crippen LogP contribution >= 0.6 is 15.9 Å². The Morgan fingerprint density at radius 3 is 2.53 bits per heavy atom. The van der Waals surface area contributed by atoms with E-state index < -0.39 is 0 Å². The highest BCUT2D eigenvalue weighted by Gasteiger charge is 2.05. The van der Waals surface area contributed by atoms with Crippen molar-refractivity contribution in [3.63, 3.8) is 0 Å². The highest BCUT2D eigenvalue weighted by atomic mass is 79.9. The predicted molar refractivity (Wildman–Crippen MR) is 70.2 cm³/mol. The summed E-state index contributed by atoms with van der Waals surface area (Å²) in [5, 5.41) is 0. The van der Waals surface area contributed by atoms with Gasteiger partial charge in [-0.1, -0.05) is 28.9 Å². The maximum Gasteiger partial charge on any atom is 0.0377 e. The minimum absolute atomic E-state index is 0.584. The minimum atomic E-state index is 0.584. The van der Waals surface area contributed by atoms with Gasteiger partial charge in [0.05, 0.1) is 0 Å². The summed E-state index contributed by atoms with van der Waals surface area (Å²) in [5.74, 6) is 0. The van der Waals surface area contributed by atoms with Crippen LogP contribution in [0.4, 0.5) is 5.69 Å². The molecular weight excluding hydrogens is 252 g/mol. The average molecular weight is 271 g/mol. The molecule has 0 saturated heterocycles. The maximum atomic E-state index is 5.62. The Hall–Kier alpha value is -0.540. The lowest BCUT2D eigenvalue weighted by Gasteiger charge is -2.23. The van der Waals surface area contributed by atoms with E-state index in [9.17, 15) is 0 Å². The molecule has 0 aliphatic heterocycles. The van der Waals surface area contributed by atoms with Gasteiger partial charge in [-0.3, -0.25) is 0 Å². The predicted octanol–water partition coefficient (Wildman–Crippen LogP) is 3.14. The lowest BCUT2D eigenvalue weighted by atomic mass is 10.2. The third-order valence-corrected chi connectivity index (χ3v) is 3.24. The van der Waals surface area contributed by atoms with E-state index >= 15 is 0 Å². The summed E-state index contributed by atoms with van der Waals surface area (Å²) < 4.78 is 1.11. The molecule has 0 fully saturated rings. The van der Waals surface area contributed by atoms with Gasteiger partial charge in [-0.25, -0.2) is 0 Å². The number of nitrogens with zero attached hydrogens (tertiary/aromatic N) is 1. The molecule has 1 aromatic carbocycles. The van der Waals surface area contributed by atoms with Crippen LogP contribution in [-0.2, 0) is 6.54 Å². The Bertz CT molecular complexity index is 312. The van der Waals surface area contributed by atoms with E-state index in [2.05, 4.69) is 52.9 Å². The number of halogens is 1. The first-order valence-electron chi connectivity index (χ1n) is 5.46. The first-order valence-corrected chi connectivity index (χ1v) is 6.25.